The smallest absolute Gasteiger partial charge is 0.226 e. The van der Waals surface area contributed by atoms with Gasteiger partial charge in [-0.2, -0.15) is 0 Å². The molecular formula is C15H22N2O2. The van der Waals surface area contributed by atoms with E-state index in [1.807, 2.05) is 39.0 Å². The van der Waals surface area contributed by atoms with E-state index in [1.165, 1.54) is 12.5 Å². The molecule has 1 rings (SSSR count). The van der Waals surface area contributed by atoms with Crippen LogP contribution in [-0.2, 0) is 9.59 Å². The summed E-state index contributed by atoms with van der Waals surface area (Å²) in [5.74, 6) is -0.0616. The Morgan fingerprint density at radius 1 is 1.26 bits per heavy atom. The lowest BCUT2D eigenvalue weighted by Gasteiger charge is -2.18. The molecule has 2 amide bonds. The molecule has 4 nitrogen and oxygen atoms in total. The topological polar surface area (TPSA) is 49.4 Å². The first-order valence-electron chi connectivity index (χ1n) is 6.56. The van der Waals surface area contributed by atoms with Crippen molar-refractivity contribution in [3.63, 3.8) is 0 Å². The second-order valence-electron chi connectivity index (χ2n) is 4.72. The summed E-state index contributed by atoms with van der Waals surface area (Å²) < 4.78 is 0. The summed E-state index contributed by atoms with van der Waals surface area (Å²) in [6.45, 7) is 8.50. The van der Waals surface area contributed by atoms with Crippen LogP contribution in [0.1, 0.15) is 31.4 Å². The van der Waals surface area contributed by atoms with Crippen LogP contribution in [0.25, 0.3) is 0 Å². The minimum atomic E-state index is -0.0633. The molecule has 0 aliphatic rings. The summed E-state index contributed by atoms with van der Waals surface area (Å²) in [6, 6.07) is 5.91. The fourth-order valence-electron chi connectivity index (χ4n) is 1.94. The SMILES string of the molecule is CCN(CCC(=O)Nc1ccc(C)cc1C)C(C)=O. The molecule has 0 bridgehead atoms. The van der Waals surface area contributed by atoms with Crippen molar-refractivity contribution in [3.05, 3.63) is 29.3 Å². The Bertz CT molecular complexity index is 469. The highest BCUT2D eigenvalue weighted by Crippen LogP contribution is 2.16. The predicted octanol–water partition coefficient (Wildman–Crippen LogP) is 2.50. The number of benzene rings is 1. The van der Waals surface area contributed by atoms with Gasteiger partial charge in [-0.05, 0) is 32.4 Å². The number of carbonyl (C=O) groups is 2. The number of anilines is 1. The molecule has 1 aromatic carbocycles. The second-order valence-corrected chi connectivity index (χ2v) is 4.72. The van der Waals surface area contributed by atoms with Crippen molar-refractivity contribution >= 4 is 17.5 Å². The van der Waals surface area contributed by atoms with E-state index < -0.39 is 0 Å². The molecule has 0 saturated heterocycles. The number of hydrogen-bond acceptors (Lipinski definition) is 2. The van der Waals surface area contributed by atoms with E-state index in [0.29, 0.717) is 19.5 Å². The van der Waals surface area contributed by atoms with Crippen LogP contribution < -0.4 is 5.32 Å². The van der Waals surface area contributed by atoms with Gasteiger partial charge in [0.2, 0.25) is 11.8 Å². The van der Waals surface area contributed by atoms with Crippen LogP contribution in [0.15, 0.2) is 18.2 Å². The van der Waals surface area contributed by atoms with Gasteiger partial charge in [-0.1, -0.05) is 17.7 Å². The highest BCUT2D eigenvalue weighted by Gasteiger charge is 2.10. The molecule has 0 aliphatic heterocycles. The number of carbonyl (C=O) groups excluding carboxylic acids is 2. The van der Waals surface area contributed by atoms with Gasteiger partial charge in [0, 0.05) is 32.1 Å². The van der Waals surface area contributed by atoms with Gasteiger partial charge in [0.1, 0.15) is 0 Å². The third-order valence-electron chi connectivity index (χ3n) is 3.09. The van der Waals surface area contributed by atoms with E-state index >= 15 is 0 Å². The molecule has 19 heavy (non-hydrogen) atoms. The van der Waals surface area contributed by atoms with Crippen LogP contribution in [0.2, 0.25) is 0 Å². The molecule has 0 atom stereocenters. The van der Waals surface area contributed by atoms with Crippen LogP contribution in [0.4, 0.5) is 5.69 Å². The maximum Gasteiger partial charge on any atom is 0.226 e. The van der Waals surface area contributed by atoms with Crippen molar-refractivity contribution in [1.82, 2.24) is 4.90 Å². The first-order valence-corrected chi connectivity index (χ1v) is 6.56. The van der Waals surface area contributed by atoms with Crippen LogP contribution in [0, 0.1) is 13.8 Å². The zero-order valence-corrected chi connectivity index (χ0v) is 12.1. The molecule has 0 radical (unpaired) electrons. The molecular weight excluding hydrogens is 240 g/mol. The number of nitrogens with one attached hydrogen (secondary N) is 1. The Hall–Kier alpha value is -1.84. The standard InChI is InChI=1S/C15H22N2O2/c1-5-17(13(4)18)9-8-15(19)16-14-7-6-11(2)10-12(14)3/h6-7,10H,5,8-9H2,1-4H3,(H,16,19). The number of aryl methyl sites for hydroxylation is 2. The zero-order chi connectivity index (χ0) is 14.4. The average molecular weight is 262 g/mol. The third-order valence-corrected chi connectivity index (χ3v) is 3.09. The van der Waals surface area contributed by atoms with Crippen molar-refractivity contribution in [2.45, 2.75) is 34.1 Å². The number of rotatable bonds is 5. The number of nitrogens with zero attached hydrogens (tertiary/aromatic N) is 1. The van der Waals surface area contributed by atoms with Crippen molar-refractivity contribution < 1.29 is 9.59 Å². The summed E-state index contributed by atoms with van der Waals surface area (Å²) in [5.41, 5.74) is 3.05. The maximum absolute atomic E-state index is 11.8. The first kappa shape index (κ1) is 15.2. The highest BCUT2D eigenvalue weighted by molar-refractivity contribution is 5.91. The van der Waals surface area contributed by atoms with Gasteiger partial charge < -0.3 is 10.2 Å². The van der Waals surface area contributed by atoms with E-state index in [9.17, 15) is 9.59 Å². The van der Waals surface area contributed by atoms with Gasteiger partial charge in [-0.15, -0.1) is 0 Å². The fraction of sp³-hybridized carbons (Fsp3) is 0.467. The van der Waals surface area contributed by atoms with Gasteiger partial charge in [-0.3, -0.25) is 9.59 Å². The molecule has 0 heterocycles. The van der Waals surface area contributed by atoms with E-state index in [0.717, 1.165) is 11.3 Å². The predicted molar refractivity (Wildman–Crippen MR) is 77.1 cm³/mol. The monoisotopic (exact) mass is 262 g/mol. The van der Waals surface area contributed by atoms with Gasteiger partial charge >= 0.3 is 0 Å². The van der Waals surface area contributed by atoms with Crippen molar-refractivity contribution in [2.24, 2.45) is 0 Å². The second kappa shape index (κ2) is 6.92. The zero-order valence-electron chi connectivity index (χ0n) is 12.1. The molecule has 0 saturated carbocycles. The average Bonchev–Trinajstić information content (AvgIpc) is 2.33. The molecule has 0 spiro atoms. The van der Waals surface area contributed by atoms with Gasteiger partial charge in [0.05, 0.1) is 0 Å². The quantitative estimate of drug-likeness (QED) is 0.886. The Morgan fingerprint density at radius 3 is 2.47 bits per heavy atom. The Balaban J connectivity index is 2.53. The van der Waals surface area contributed by atoms with Crippen LogP contribution >= 0.6 is 0 Å². The maximum atomic E-state index is 11.8. The third kappa shape index (κ3) is 4.73. The summed E-state index contributed by atoms with van der Waals surface area (Å²) in [5, 5.41) is 2.88. The van der Waals surface area contributed by atoms with Gasteiger partial charge in [0.15, 0.2) is 0 Å². The van der Waals surface area contributed by atoms with E-state index in [-0.39, 0.29) is 11.8 Å². The lowest BCUT2D eigenvalue weighted by molar-refractivity contribution is -0.129. The fourth-order valence-corrected chi connectivity index (χ4v) is 1.94. The van der Waals surface area contributed by atoms with E-state index in [1.54, 1.807) is 4.90 Å². The van der Waals surface area contributed by atoms with Crippen LogP contribution in [-0.4, -0.2) is 29.8 Å². The Morgan fingerprint density at radius 2 is 1.95 bits per heavy atom. The first-order chi connectivity index (χ1) is 8.93. The highest BCUT2D eigenvalue weighted by atomic mass is 16.2. The number of amides is 2. The minimum Gasteiger partial charge on any atom is -0.343 e. The van der Waals surface area contributed by atoms with Gasteiger partial charge in [-0.25, -0.2) is 0 Å². The van der Waals surface area contributed by atoms with Crippen molar-refractivity contribution in [3.8, 4) is 0 Å². The molecule has 0 aromatic heterocycles. The Labute approximate surface area is 114 Å². The summed E-state index contributed by atoms with van der Waals surface area (Å²) in [7, 11) is 0. The molecule has 0 unspecified atom stereocenters. The molecule has 0 aliphatic carbocycles. The Kier molecular flexibility index (Phi) is 5.55. The van der Waals surface area contributed by atoms with E-state index in [4.69, 9.17) is 0 Å². The summed E-state index contributed by atoms with van der Waals surface area (Å²) >= 11 is 0. The van der Waals surface area contributed by atoms with Crippen LogP contribution in [0.3, 0.4) is 0 Å². The largest absolute Gasteiger partial charge is 0.343 e. The molecule has 4 heteroatoms. The molecule has 104 valence electrons. The summed E-state index contributed by atoms with van der Waals surface area (Å²) in [6.07, 6.45) is 0.320. The minimum absolute atomic E-state index is 0.00168. The molecule has 1 aromatic rings. The lowest BCUT2D eigenvalue weighted by Crippen LogP contribution is -2.31. The normalized spacial score (nSPS) is 10.1. The van der Waals surface area contributed by atoms with Crippen molar-refractivity contribution in [2.75, 3.05) is 18.4 Å². The van der Waals surface area contributed by atoms with Crippen LogP contribution in [0.5, 0.6) is 0 Å². The summed E-state index contributed by atoms with van der Waals surface area (Å²) in [4.78, 5) is 24.7. The molecule has 0 fully saturated rings. The van der Waals surface area contributed by atoms with Crippen molar-refractivity contribution in [1.29, 1.82) is 0 Å². The van der Waals surface area contributed by atoms with Gasteiger partial charge in [0.25, 0.3) is 0 Å². The van der Waals surface area contributed by atoms with E-state index in [2.05, 4.69) is 5.32 Å². The number of hydrogen-bond donors (Lipinski definition) is 1. The molecule has 1 N–H and O–H groups in total. The lowest BCUT2D eigenvalue weighted by atomic mass is 10.1.